The van der Waals surface area contributed by atoms with E-state index in [-0.39, 0.29) is 17.5 Å². The highest BCUT2D eigenvalue weighted by Gasteiger charge is 2.21. The molecule has 25 heavy (non-hydrogen) atoms. The summed E-state index contributed by atoms with van der Waals surface area (Å²) in [6.07, 6.45) is 1.91. The molecule has 0 aliphatic carbocycles. The Morgan fingerprint density at radius 3 is 2.64 bits per heavy atom. The molecule has 2 N–H and O–H groups in total. The minimum atomic E-state index is -1.05. The maximum Gasteiger partial charge on any atom is 0.355 e. The molecule has 1 aromatic heterocycles. The van der Waals surface area contributed by atoms with Crippen LogP contribution in [0.1, 0.15) is 38.7 Å². The summed E-state index contributed by atoms with van der Waals surface area (Å²) in [5.74, 6) is -1.15. The van der Waals surface area contributed by atoms with Crippen LogP contribution in [0.4, 0.5) is 5.69 Å². The summed E-state index contributed by atoms with van der Waals surface area (Å²) in [4.78, 5) is 40.3. The fraction of sp³-hybridized carbons (Fsp3) is 0.294. The lowest BCUT2D eigenvalue weighted by Crippen LogP contribution is -2.26. The minimum Gasteiger partial charge on any atom is -0.476 e. The topological polar surface area (TPSA) is 99.6 Å². The van der Waals surface area contributed by atoms with E-state index in [1.54, 1.807) is 29.2 Å². The molecule has 1 aromatic carbocycles. The zero-order valence-corrected chi connectivity index (χ0v) is 14.2. The Kier molecular flexibility index (Phi) is 5.08. The standard InChI is InChI=1S/C17H17N3O4S/c21-15-2-1-9-20(15)12-5-3-11(4-6-12)16(22)18-8-7-14-19-13(10-25-14)17(23)24/h3-6,10H,1-2,7-9H2,(H,18,22)(H,23,24). The number of benzene rings is 1. The van der Waals surface area contributed by atoms with E-state index in [4.69, 9.17) is 5.11 Å². The molecule has 7 nitrogen and oxygen atoms in total. The highest BCUT2D eigenvalue weighted by Crippen LogP contribution is 2.21. The number of aromatic carboxylic acids is 1. The monoisotopic (exact) mass is 359 g/mol. The molecule has 130 valence electrons. The van der Waals surface area contributed by atoms with Crippen molar-refractivity contribution in [2.75, 3.05) is 18.0 Å². The van der Waals surface area contributed by atoms with Gasteiger partial charge in [0, 0.05) is 42.6 Å². The van der Waals surface area contributed by atoms with E-state index in [9.17, 15) is 14.4 Å². The number of aromatic nitrogens is 1. The van der Waals surface area contributed by atoms with Gasteiger partial charge in [0.15, 0.2) is 5.69 Å². The third kappa shape index (κ3) is 4.03. The van der Waals surface area contributed by atoms with Gasteiger partial charge in [-0.15, -0.1) is 11.3 Å². The van der Waals surface area contributed by atoms with Gasteiger partial charge in [0.1, 0.15) is 0 Å². The van der Waals surface area contributed by atoms with Crippen LogP contribution in [0.25, 0.3) is 0 Å². The van der Waals surface area contributed by atoms with E-state index in [1.807, 2.05) is 0 Å². The molecular formula is C17H17N3O4S. The van der Waals surface area contributed by atoms with Crippen LogP contribution in [0.3, 0.4) is 0 Å². The lowest BCUT2D eigenvalue weighted by molar-refractivity contribution is -0.117. The second-order valence-corrected chi connectivity index (χ2v) is 6.58. The fourth-order valence-corrected chi connectivity index (χ4v) is 3.40. The van der Waals surface area contributed by atoms with Crippen LogP contribution in [-0.4, -0.2) is 41.0 Å². The first-order valence-electron chi connectivity index (χ1n) is 7.91. The van der Waals surface area contributed by atoms with Crippen molar-refractivity contribution >= 4 is 34.8 Å². The van der Waals surface area contributed by atoms with Crippen molar-refractivity contribution in [3.63, 3.8) is 0 Å². The summed E-state index contributed by atoms with van der Waals surface area (Å²) >= 11 is 1.26. The van der Waals surface area contributed by atoms with Crippen LogP contribution in [0.5, 0.6) is 0 Å². The van der Waals surface area contributed by atoms with Gasteiger partial charge in [-0.25, -0.2) is 9.78 Å². The van der Waals surface area contributed by atoms with E-state index in [2.05, 4.69) is 10.3 Å². The zero-order chi connectivity index (χ0) is 17.8. The Hall–Kier alpha value is -2.74. The predicted molar refractivity (Wildman–Crippen MR) is 93.1 cm³/mol. The van der Waals surface area contributed by atoms with Crippen molar-refractivity contribution < 1.29 is 19.5 Å². The normalized spacial score (nSPS) is 13.9. The van der Waals surface area contributed by atoms with E-state index >= 15 is 0 Å². The molecule has 8 heteroatoms. The Morgan fingerprint density at radius 1 is 1.28 bits per heavy atom. The second kappa shape index (κ2) is 7.43. The zero-order valence-electron chi connectivity index (χ0n) is 13.4. The van der Waals surface area contributed by atoms with Gasteiger partial charge in [0.05, 0.1) is 5.01 Å². The first kappa shape index (κ1) is 17.1. The Balaban J connectivity index is 1.52. The molecule has 0 spiro atoms. The summed E-state index contributed by atoms with van der Waals surface area (Å²) in [5, 5.41) is 13.8. The largest absolute Gasteiger partial charge is 0.476 e. The van der Waals surface area contributed by atoms with Crippen molar-refractivity contribution in [2.24, 2.45) is 0 Å². The first-order chi connectivity index (χ1) is 12.0. The lowest BCUT2D eigenvalue weighted by Gasteiger charge is -2.15. The maximum atomic E-state index is 12.1. The number of carboxylic acid groups (broad SMARTS) is 1. The second-order valence-electron chi connectivity index (χ2n) is 5.63. The van der Waals surface area contributed by atoms with E-state index in [0.29, 0.717) is 30.0 Å². The van der Waals surface area contributed by atoms with Gasteiger partial charge in [-0.05, 0) is 30.7 Å². The molecule has 1 fully saturated rings. The highest BCUT2D eigenvalue weighted by molar-refractivity contribution is 7.09. The smallest absolute Gasteiger partial charge is 0.355 e. The number of carboxylic acids is 1. The number of thiazole rings is 1. The number of carbonyl (C=O) groups is 3. The number of anilines is 1. The summed E-state index contributed by atoms with van der Waals surface area (Å²) in [5.41, 5.74) is 1.35. The quantitative estimate of drug-likeness (QED) is 0.821. The molecular weight excluding hydrogens is 342 g/mol. The van der Waals surface area contributed by atoms with Gasteiger partial charge in [-0.3, -0.25) is 9.59 Å². The van der Waals surface area contributed by atoms with Crippen LogP contribution < -0.4 is 10.2 Å². The number of rotatable bonds is 6. The minimum absolute atomic E-state index is 0.0263. The number of amides is 2. The third-order valence-corrected chi connectivity index (χ3v) is 4.82. The number of nitrogens with one attached hydrogen (secondary N) is 1. The Morgan fingerprint density at radius 2 is 2.04 bits per heavy atom. The molecule has 2 amide bonds. The maximum absolute atomic E-state index is 12.1. The van der Waals surface area contributed by atoms with Crippen molar-refractivity contribution in [3.05, 3.63) is 45.9 Å². The third-order valence-electron chi connectivity index (χ3n) is 3.91. The van der Waals surface area contributed by atoms with Crippen LogP contribution in [0.2, 0.25) is 0 Å². The molecule has 1 aliphatic rings. The molecule has 0 atom stereocenters. The van der Waals surface area contributed by atoms with Gasteiger partial charge < -0.3 is 15.3 Å². The number of hydrogen-bond acceptors (Lipinski definition) is 5. The number of carbonyl (C=O) groups excluding carboxylic acids is 2. The average Bonchev–Trinajstić information content (AvgIpc) is 3.24. The highest BCUT2D eigenvalue weighted by atomic mass is 32.1. The fourth-order valence-electron chi connectivity index (χ4n) is 2.62. The summed E-state index contributed by atoms with van der Waals surface area (Å²) < 4.78 is 0. The molecule has 2 aromatic rings. The van der Waals surface area contributed by atoms with Crippen molar-refractivity contribution in [2.45, 2.75) is 19.3 Å². The lowest BCUT2D eigenvalue weighted by atomic mass is 10.2. The Bertz CT molecular complexity index is 800. The van der Waals surface area contributed by atoms with Crippen LogP contribution >= 0.6 is 11.3 Å². The molecule has 2 heterocycles. The average molecular weight is 359 g/mol. The molecule has 3 rings (SSSR count). The Labute approximate surface area is 148 Å². The molecule has 1 aliphatic heterocycles. The van der Waals surface area contributed by atoms with E-state index < -0.39 is 5.97 Å². The first-order valence-corrected chi connectivity index (χ1v) is 8.79. The van der Waals surface area contributed by atoms with Crippen molar-refractivity contribution in [3.8, 4) is 0 Å². The van der Waals surface area contributed by atoms with Crippen LogP contribution in [0.15, 0.2) is 29.6 Å². The van der Waals surface area contributed by atoms with Gasteiger partial charge in [-0.1, -0.05) is 0 Å². The van der Waals surface area contributed by atoms with Crippen molar-refractivity contribution in [1.29, 1.82) is 0 Å². The molecule has 0 radical (unpaired) electrons. The summed E-state index contributed by atoms with van der Waals surface area (Å²) in [7, 11) is 0. The molecule has 1 saturated heterocycles. The molecule has 0 saturated carbocycles. The SMILES string of the molecule is O=C(NCCc1nc(C(=O)O)cs1)c1ccc(N2CCCC2=O)cc1. The van der Waals surface area contributed by atoms with Crippen LogP contribution in [-0.2, 0) is 11.2 Å². The number of nitrogens with zero attached hydrogens (tertiary/aromatic N) is 2. The summed E-state index contributed by atoms with van der Waals surface area (Å²) in [6.45, 7) is 1.09. The van der Waals surface area contributed by atoms with Gasteiger partial charge >= 0.3 is 5.97 Å². The van der Waals surface area contributed by atoms with Crippen LogP contribution in [0, 0.1) is 0 Å². The molecule has 0 bridgehead atoms. The number of hydrogen-bond donors (Lipinski definition) is 2. The van der Waals surface area contributed by atoms with Gasteiger partial charge in [-0.2, -0.15) is 0 Å². The van der Waals surface area contributed by atoms with Crippen molar-refractivity contribution in [1.82, 2.24) is 10.3 Å². The molecule has 0 unspecified atom stereocenters. The van der Waals surface area contributed by atoms with Gasteiger partial charge in [0.2, 0.25) is 5.91 Å². The predicted octanol–water partition coefficient (Wildman–Crippen LogP) is 1.94. The van der Waals surface area contributed by atoms with E-state index in [0.717, 1.165) is 18.7 Å². The van der Waals surface area contributed by atoms with Gasteiger partial charge in [0.25, 0.3) is 5.91 Å². The summed E-state index contributed by atoms with van der Waals surface area (Å²) in [6, 6.07) is 6.95. The van der Waals surface area contributed by atoms with E-state index in [1.165, 1.54) is 16.7 Å².